The predicted molar refractivity (Wildman–Crippen MR) is 140 cm³/mol. The number of hydrogen-bond acceptors (Lipinski definition) is 2. The van der Waals surface area contributed by atoms with E-state index in [9.17, 15) is 4.79 Å². The lowest BCUT2D eigenvalue weighted by molar-refractivity contribution is -0.211. The lowest BCUT2D eigenvalue weighted by Gasteiger charge is -2.71. The second kappa shape index (κ2) is 7.38. The van der Waals surface area contributed by atoms with Crippen molar-refractivity contribution in [1.82, 2.24) is 0 Å². The summed E-state index contributed by atoms with van der Waals surface area (Å²) >= 11 is 0. The van der Waals surface area contributed by atoms with Crippen LogP contribution in [0.3, 0.4) is 0 Å². The molecule has 8 atom stereocenters. The lowest BCUT2D eigenvalue weighted by Crippen LogP contribution is -2.64. The molecule has 0 spiro atoms. The van der Waals surface area contributed by atoms with Gasteiger partial charge in [-0.05, 0) is 109 Å². The number of ether oxygens (including phenoxy) is 1. The van der Waals surface area contributed by atoms with Gasteiger partial charge in [-0.1, -0.05) is 67.0 Å². The van der Waals surface area contributed by atoms with Gasteiger partial charge < -0.3 is 4.74 Å². The molecule has 0 N–H and O–H groups in total. The van der Waals surface area contributed by atoms with Crippen LogP contribution in [0.1, 0.15) is 127 Å². The zero-order valence-electron chi connectivity index (χ0n) is 23.8. The van der Waals surface area contributed by atoms with Crippen molar-refractivity contribution in [3.05, 3.63) is 11.6 Å². The molecule has 5 aliphatic rings. The minimum atomic E-state index is -0.110. The quantitative estimate of drug-likeness (QED) is 0.284. The van der Waals surface area contributed by atoms with E-state index in [0.717, 1.165) is 18.3 Å². The first kappa shape index (κ1) is 24.9. The maximum atomic E-state index is 11.9. The van der Waals surface area contributed by atoms with Crippen LogP contribution in [0.4, 0.5) is 0 Å². The van der Waals surface area contributed by atoms with Crippen molar-refractivity contribution in [2.24, 2.45) is 50.2 Å². The lowest BCUT2D eigenvalue weighted by atomic mass is 9.33. The van der Waals surface area contributed by atoms with Crippen molar-refractivity contribution in [3.8, 4) is 0 Å². The molecule has 5 aliphatic carbocycles. The Kier molecular flexibility index (Phi) is 5.40. The highest BCUT2D eigenvalue weighted by molar-refractivity contribution is 5.66. The first-order valence-electron chi connectivity index (χ1n) is 14.5. The summed E-state index contributed by atoms with van der Waals surface area (Å²) < 4.78 is 5.91. The molecule has 0 aromatic heterocycles. The van der Waals surface area contributed by atoms with Crippen LogP contribution in [0, 0.1) is 50.2 Å². The van der Waals surface area contributed by atoms with Crippen molar-refractivity contribution < 1.29 is 9.53 Å². The Balaban J connectivity index is 1.53. The summed E-state index contributed by atoms with van der Waals surface area (Å²) in [6, 6.07) is 0. The summed E-state index contributed by atoms with van der Waals surface area (Å²) in [5, 5.41) is 0. The average molecular weight is 469 g/mol. The van der Waals surface area contributed by atoms with E-state index < -0.39 is 0 Å². The second-order valence-corrected chi connectivity index (χ2v) is 15.8. The van der Waals surface area contributed by atoms with E-state index >= 15 is 0 Å². The standard InChI is InChI=1S/C32H52O2/c1-21(33)34-26-13-14-30(7)24(28(26,4)5)12-15-32(9)25(30)11-10-22-23-20-27(2,3)16-17-29(23,6)18-19-31(22,32)8/h10,23-26H,11-20H2,1-9H3/t23-,24-,25+,26+,29-,30+,31-,32-/m1/s1. The van der Waals surface area contributed by atoms with E-state index in [1.54, 1.807) is 6.92 Å². The van der Waals surface area contributed by atoms with E-state index in [0.29, 0.717) is 33.0 Å². The Bertz CT molecular complexity index is 897. The molecule has 0 amide bonds. The van der Waals surface area contributed by atoms with Gasteiger partial charge in [0.15, 0.2) is 0 Å². The third kappa shape index (κ3) is 3.21. The zero-order chi connectivity index (χ0) is 24.9. The summed E-state index contributed by atoms with van der Waals surface area (Å²) in [6.45, 7) is 22.0. The van der Waals surface area contributed by atoms with Crippen molar-refractivity contribution in [3.63, 3.8) is 0 Å². The van der Waals surface area contributed by atoms with Gasteiger partial charge in [-0.15, -0.1) is 0 Å². The van der Waals surface area contributed by atoms with E-state index in [2.05, 4.69) is 61.5 Å². The highest BCUT2D eigenvalue weighted by atomic mass is 16.5. The van der Waals surface area contributed by atoms with Crippen LogP contribution in [0.15, 0.2) is 11.6 Å². The number of allylic oxidation sites excluding steroid dienone is 2. The molecule has 0 radical (unpaired) electrons. The van der Waals surface area contributed by atoms with Crippen LogP contribution < -0.4 is 0 Å². The maximum absolute atomic E-state index is 11.9. The van der Waals surface area contributed by atoms with Gasteiger partial charge >= 0.3 is 5.97 Å². The molecule has 5 rings (SSSR count). The number of hydrogen-bond donors (Lipinski definition) is 0. The largest absolute Gasteiger partial charge is 0.462 e. The molecule has 4 fully saturated rings. The Morgan fingerprint density at radius 3 is 2.21 bits per heavy atom. The summed E-state index contributed by atoms with van der Waals surface area (Å²) in [5.41, 5.74) is 3.92. The Hall–Kier alpha value is -0.790. The predicted octanol–water partition coefficient (Wildman–Crippen LogP) is 8.74. The Morgan fingerprint density at radius 1 is 0.853 bits per heavy atom. The van der Waals surface area contributed by atoms with Crippen LogP contribution in [-0.2, 0) is 9.53 Å². The minimum Gasteiger partial charge on any atom is -0.462 e. The molecule has 0 aromatic carbocycles. The van der Waals surface area contributed by atoms with Gasteiger partial charge in [0.05, 0.1) is 0 Å². The molecule has 34 heavy (non-hydrogen) atoms. The highest BCUT2D eigenvalue weighted by Gasteiger charge is 2.68. The third-order valence-corrected chi connectivity index (χ3v) is 13.3. The third-order valence-electron chi connectivity index (χ3n) is 13.3. The summed E-state index contributed by atoms with van der Waals surface area (Å²) in [7, 11) is 0. The number of fused-ring (bicyclic) bond motifs is 7. The molecule has 4 saturated carbocycles. The van der Waals surface area contributed by atoms with Crippen LogP contribution >= 0.6 is 0 Å². The molecule has 2 nitrogen and oxygen atoms in total. The molecule has 0 heterocycles. The minimum absolute atomic E-state index is 0.0451. The van der Waals surface area contributed by atoms with Crippen molar-refractivity contribution in [2.45, 2.75) is 133 Å². The molecular weight excluding hydrogens is 416 g/mol. The van der Waals surface area contributed by atoms with E-state index in [1.165, 1.54) is 57.8 Å². The molecule has 0 saturated heterocycles. The van der Waals surface area contributed by atoms with Crippen LogP contribution in [0.25, 0.3) is 0 Å². The Morgan fingerprint density at radius 2 is 1.53 bits per heavy atom. The molecule has 0 aliphatic heterocycles. The first-order valence-corrected chi connectivity index (χ1v) is 14.5. The van der Waals surface area contributed by atoms with E-state index in [4.69, 9.17) is 4.74 Å². The fourth-order valence-corrected chi connectivity index (χ4v) is 10.9. The van der Waals surface area contributed by atoms with Crippen molar-refractivity contribution in [2.75, 3.05) is 0 Å². The van der Waals surface area contributed by atoms with Gasteiger partial charge in [0, 0.05) is 12.3 Å². The smallest absolute Gasteiger partial charge is 0.302 e. The summed E-state index contributed by atoms with van der Waals surface area (Å²) in [4.78, 5) is 11.9. The molecule has 192 valence electrons. The van der Waals surface area contributed by atoms with Gasteiger partial charge in [-0.25, -0.2) is 0 Å². The monoisotopic (exact) mass is 468 g/mol. The van der Waals surface area contributed by atoms with Crippen LogP contribution in [-0.4, -0.2) is 12.1 Å². The van der Waals surface area contributed by atoms with Crippen molar-refractivity contribution in [1.29, 1.82) is 0 Å². The fourth-order valence-electron chi connectivity index (χ4n) is 10.9. The van der Waals surface area contributed by atoms with Crippen LogP contribution in [0.5, 0.6) is 0 Å². The summed E-state index contributed by atoms with van der Waals surface area (Å²) in [6.07, 6.45) is 15.9. The molecule has 0 aromatic rings. The molecular formula is C32H52O2. The molecule has 0 bridgehead atoms. The maximum Gasteiger partial charge on any atom is 0.302 e. The van der Waals surface area contributed by atoms with Crippen molar-refractivity contribution >= 4 is 5.97 Å². The van der Waals surface area contributed by atoms with Gasteiger partial charge in [0.1, 0.15) is 6.10 Å². The summed E-state index contributed by atoms with van der Waals surface area (Å²) in [5.74, 6) is 2.01. The number of carbonyl (C=O) groups excluding carboxylic acids is 1. The zero-order valence-corrected chi connectivity index (χ0v) is 23.8. The van der Waals surface area contributed by atoms with Gasteiger partial charge in [0.25, 0.3) is 0 Å². The van der Waals surface area contributed by atoms with E-state index in [-0.39, 0.29) is 17.5 Å². The fraction of sp³-hybridized carbons (Fsp3) is 0.906. The Labute approximate surface area is 210 Å². The van der Waals surface area contributed by atoms with Gasteiger partial charge in [-0.3, -0.25) is 4.79 Å². The van der Waals surface area contributed by atoms with E-state index in [1.807, 2.05) is 5.57 Å². The van der Waals surface area contributed by atoms with Crippen LogP contribution in [0.2, 0.25) is 0 Å². The topological polar surface area (TPSA) is 26.3 Å². The highest BCUT2D eigenvalue weighted by Crippen LogP contribution is 2.75. The number of esters is 1. The average Bonchev–Trinajstić information content (AvgIpc) is 2.72. The normalized spacial score (nSPS) is 51.1. The number of carbonyl (C=O) groups is 1. The molecule has 0 unspecified atom stereocenters. The van der Waals surface area contributed by atoms with Gasteiger partial charge in [0.2, 0.25) is 0 Å². The SMILES string of the molecule is CC(=O)O[C@H]1CC[C@@]2(C)[C@H](CC[C@]3(C)[C@H]2CC=C2[C@H]4CC(C)(C)CC[C@]4(C)CC[C@]23C)C1(C)C. The van der Waals surface area contributed by atoms with Gasteiger partial charge in [-0.2, -0.15) is 0 Å². The second-order valence-electron chi connectivity index (χ2n) is 15.8. The number of rotatable bonds is 1. The molecule has 2 heteroatoms. The first-order chi connectivity index (χ1) is 15.6.